The largest absolute Gasteiger partial charge is 0.483 e. The molecule has 2 heterocycles. The van der Waals surface area contributed by atoms with E-state index in [0.717, 1.165) is 29.7 Å². The van der Waals surface area contributed by atoms with Crippen LogP contribution in [0.25, 0.3) is 5.70 Å². The third-order valence-electron chi connectivity index (χ3n) is 7.01. The fourth-order valence-corrected chi connectivity index (χ4v) is 6.37. The topological polar surface area (TPSA) is 64.2 Å². The molecule has 0 N–H and O–H groups in total. The van der Waals surface area contributed by atoms with Crippen LogP contribution in [0, 0.1) is 22.2 Å². The SMILES string of the molecule is C[SiH](C)OC(CCC(c1ccn(C2=CC(C)(C)Oc3ccc(C#N)cc32)c(=O)c1)C(C)(C)C)C(C)(C)C. The first-order valence-corrected chi connectivity index (χ1v) is 16.1. The molecule has 1 aromatic carbocycles. The van der Waals surface area contributed by atoms with Crippen molar-refractivity contribution in [3.63, 3.8) is 0 Å². The Morgan fingerprint density at radius 1 is 1.05 bits per heavy atom. The van der Waals surface area contributed by atoms with Gasteiger partial charge in [0.1, 0.15) is 11.4 Å². The zero-order valence-corrected chi connectivity index (χ0v) is 25.5. The van der Waals surface area contributed by atoms with Crippen molar-refractivity contribution in [3.8, 4) is 11.8 Å². The van der Waals surface area contributed by atoms with Gasteiger partial charge in [-0.15, -0.1) is 0 Å². The number of rotatable bonds is 7. The molecule has 3 rings (SSSR count). The Labute approximate surface area is 224 Å². The number of pyridine rings is 1. The van der Waals surface area contributed by atoms with E-state index in [1.54, 1.807) is 22.8 Å². The molecule has 0 saturated carbocycles. The first-order valence-electron chi connectivity index (χ1n) is 13.4. The second-order valence-electron chi connectivity index (χ2n) is 13.3. The molecule has 1 aromatic heterocycles. The summed E-state index contributed by atoms with van der Waals surface area (Å²) < 4.78 is 14.2. The quantitative estimate of drug-likeness (QED) is 0.365. The Balaban J connectivity index is 1.99. The van der Waals surface area contributed by atoms with Gasteiger partial charge in [-0.1, -0.05) is 41.5 Å². The summed E-state index contributed by atoms with van der Waals surface area (Å²) in [7, 11) is -1.17. The molecule has 5 nitrogen and oxygen atoms in total. The highest BCUT2D eigenvalue weighted by Crippen LogP contribution is 2.41. The van der Waals surface area contributed by atoms with Crippen LogP contribution in [0.15, 0.2) is 47.4 Å². The molecule has 0 spiro atoms. The van der Waals surface area contributed by atoms with Crippen molar-refractivity contribution in [1.82, 2.24) is 4.57 Å². The molecule has 0 radical (unpaired) electrons. The first kappa shape index (κ1) is 28.9. The molecule has 2 aromatic rings. The van der Waals surface area contributed by atoms with Gasteiger partial charge in [-0.2, -0.15) is 5.26 Å². The Morgan fingerprint density at radius 2 is 1.73 bits per heavy atom. The van der Waals surface area contributed by atoms with Gasteiger partial charge in [-0.3, -0.25) is 9.36 Å². The van der Waals surface area contributed by atoms with Gasteiger partial charge in [0.15, 0.2) is 9.04 Å². The van der Waals surface area contributed by atoms with E-state index in [-0.39, 0.29) is 28.4 Å². The maximum absolute atomic E-state index is 13.6. The van der Waals surface area contributed by atoms with Gasteiger partial charge in [-0.05, 0) is 92.4 Å². The van der Waals surface area contributed by atoms with Crippen molar-refractivity contribution in [1.29, 1.82) is 5.26 Å². The fraction of sp³-hybridized carbons (Fsp3) is 0.548. The zero-order chi connectivity index (χ0) is 27.8. The van der Waals surface area contributed by atoms with E-state index >= 15 is 0 Å². The van der Waals surface area contributed by atoms with Crippen molar-refractivity contribution in [2.75, 3.05) is 0 Å². The summed E-state index contributed by atoms with van der Waals surface area (Å²) in [5, 5.41) is 9.43. The number of hydrogen-bond acceptors (Lipinski definition) is 4. The molecule has 6 heteroatoms. The average molecular weight is 521 g/mol. The number of hydrogen-bond donors (Lipinski definition) is 0. The third-order valence-corrected chi connectivity index (χ3v) is 7.89. The normalized spacial score (nSPS) is 16.9. The van der Waals surface area contributed by atoms with Crippen LogP contribution in [0.3, 0.4) is 0 Å². The highest BCUT2D eigenvalue weighted by Gasteiger charge is 2.32. The standard InChI is InChI=1S/C31H44N2O3Si/c1-29(2,3)24(12-14-27(30(4,5)6)36-37(9)10)22-15-16-33(28(34)18-22)25-19-31(7,8)35-26-13-11-21(20-32)17-23(25)26/h11,13,15-19,24,27,37H,12,14H2,1-10H3. The molecular formula is C31H44N2O3Si. The van der Waals surface area contributed by atoms with Gasteiger partial charge >= 0.3 is 0 Å². The lowest BCUT2D eigenvalue weighted by Crippen LogP contribution is -2.34. The summed E-state index contributed by atoms with van der Waals surface area (Å²) in [6.07, 6.45) is 5.95. The van der Waals surface area contributed by atoms with Gasteiger partial charge in [0.2, 0.25) is 0 Å². The molecule has 0 saturated heterocycles. The van der Waals surface area contributed by atoms with E-state index in [1.165, 1.54) is 0 Å². The third kappa shape index (κ3) is 7.03. The Kier molecular flexibility index (Phi) is 8.31. The lowest BCUT2D eigenvalue weighted by atomic mass is 9.72. The number of nitrogens with zero attached hydrogens (tertiary/aromatic N) is 2. The fourth-order valence-electron chi connectivity index (χ4n) is 5.17. The molecule has 0 fully saturated rings. The molecular weight excluding hydrogens is 476 g/mol. The predicted molar refractivity (Wildman–Crippen MR) is 155 cm³/mol. The maximum Gasteiger partial charge on any atom is 0.255 e. The van der Waals surface area contributed by atoms with Crippen molar-refractivity contribution in [3.05, 3.63) is 69.6 Å². The number of ether oxygens (including phenoxy) is 1. The first-order chi connectivity index (χ1) is 17.0. The minimum Gasteiger partial charge on any atom is -0.483 e. The van der Waals surface area contributed by atoms with Crippen LogP contribution in [0.1, 0.15) is 90.8 Å². The molecule has 1 aliphatic heterocycles. The summed E-state index contributed by atoms with van der Waals surface area (Å²) in [5.74, 6) is 0.890. The summed E-state index contributed by atoms with van der Waals surface area (Å²) in [6.45, 7) is 21.9. The Morgan fingerprint density at radius 3 is 2.27 bits per heavy atom. The van der Waals surface area contributed by atoms with E-state index in [9.17, 15) is 10.1 Å². The van der Waals surface area contributed by atoms with Crippen molar-refractivity contribution >= 4 is 14.7 Å². The van der Waals surface area contributed by atoms with Gasteiger partial charge in [0, 0.05) is 23.9 Å². The predicted octanol–water partition coefficient (Wildman–Crippen LogP) is 7.10. The summed E-state index contributed by atoms with van der Waals surface area (Å²) >= 11 is 0. The van der Waals surface area contributed by atoms with Crippen LogP contribution in [-0.2, 0) is 4.43 Å². The van der Waals surface area contributed by atoms with E-state index in [4.69, 9.17) is 9.16 Å². The van der Waals surface area contributed by atoms with Crippen LogP contribution in [0.2, 0.25) is 13.1 Å². The van der Waals surface area contributed by atoms with Gasteiger partial charge in [0.05, 0.1) is 17.3 Å². The van der Waals surface area contributed by atoms with Gasteiger partial charge in [-0.25, -0.2) is 0 Å². The zero-order valence-electron chi connectivity index (χ0n) is 24.3. The molecule has 1 aliphatic rings. The lowest BCUT2D eigenvalue weighted by Gasteiger charge is -2.37. The molecule has 0 bridgehead atoms. The molecule has 2 atom stereocenters. The molecule has 37 heavy (non-hydrogen) atoms. The average Bonchev–Trinajstić information content (AvgIpc) is 2.75. The second-order valence-corrected chi connectivity index (χ2v) is 15.6. The smallest absolute Gasteiger partial charge is 0.255 e. The maximum atomic E-state index is 13.6. The summed E-state index contributed by atoms with van der Waals surface area (Å²) in [4.78, 5) is 13.6. The van der Waals surface area contributed by atoms with Crippen LogP contribution >= 0.6 is 0 Å². The number of nitriles is 1. The monoisotopic (exact) mass is 520 g/mol. The summed E-state index contributed by atoms with van der Waals surface area (Å²) in [5.41, 5.74) is 2.49. The van der Waals surface area contributed by atoms with Crippen molar-refractivity contribution < 1.29 is 9.16 Å². The summed E-state index contributed by atoms with van der Waals surface area (Å²) in [6, 6.07) is 11.4. The van der Waals surface area contributed by atoms with Crippen molar-refractivity contribution in [2.45, 2.75) is 98.9 Å². The highest BCUT2D eigenvalue weighted by molar-refractivity contribution is 6.48. The molecule has 2 unspecified atom stereocenters. The minimum absolute atomic E-state index is 0.00937. The van der Waals surface area contributed by atoms with Gasteiger partial charge in [0.25, 0.3) is 5.56 Å². The van der Waals surface area contributed by atoms with Crippen molar-refractivity contribution in [2.24, 2.45) is 10.8 Å². The van der Waals surface area contributed by atoms with Crippen LogP contribution in [0.5, 0.6) is 5.75 Å². The molecule has 0 aliphatic carbocycles. The van der Waals surface area contributed by atoms with Crippen LogP contribution < -0.4 is 10.3 Å². The molecule has 200 valence electrons. The Bertz CT molecular complexity index is 1250. The second kappa shape index (κ2) is 10.6. The Hall–Kier alpha value is -2.62. The van der Waals surface area contributed by atoms with E-state index in [2.05, 4.69) is 66.8 Å². The number of aromatic nitrogens is 1. The molecule has 0 amide bonds. The number of benzene rings is 1. The van der Waals surface area contributed by atoms with E-state index in [0.29, 0.717) is 11.3 Å². The highest BCUT2D eigenvalue weighted by atomic mass is 28.3. The lowest BCUT2D eigenvalue weighted by molar-refractivity contribution is 0.0706. The van der Waals surface area contributed by atoms with E-state index < -0.39 is 14.6 Å². The minimum atomic E-state index is -1.17. The van der Waals surface area contributed by atoms with E-state index in [1.807, 2.05) is 32.2 Å². The van der Waals surface area contributed by atoms with Gasteiger partial charge < -0.3 is 9.16 Å². The number of fused-ring (bicyclic) bond motifs is 1. The van der Waals surface area contributed by atoms with Crippen LogP contribution in [0.4, 0.5) is 0 Å². The van der Waals surface area contributed by atoms with Crippen LogP contribution in [-0.4, -0.2) is 25.3 Å².